The van der Waals surface area contributed by atoms with Gasteiger partial charge in [-0.15, -0.1) is 0 Å². The Balaban J connectivity index is 1.39. The molecular weight excluding hydrogens is 502 g/mol. The van der Waals surface area contributed by atoms with Crippen LogP contribution in [-0.4, -0.2) is 46.9 Å². The third kappa shape index (κ3) is 6.13. The Morgan fingerprint density at radius 3 is 2.40 bits per heavy atom. The van der Waals surface area contributed by atoms with E-state index in [0.717, 1.165) is 46.4 Å². The van der Waals surface area contributed by atoms with Gasteiger partial charge in [-0.1, -0.05) is 57.2 Å². The summed E-state index contributed by atoms with van der Waals surface area (Å²) in [6.45, 7) is 8.54. The number of carbonyl (C=O) groups excluding carboxylic acids is 2. The molecule has 4 aromatic rings. The Morgan fingerprint density at radius 2 is 1.68 bits per heavy atom. The van der Waals surface area contributed by atoms with E-state index in [0.29, 0.717) is 42.4 Å². The van der Waals surface area contributed by atoms with Crippen molar-refractivity contribution in [2.75, 3.05) is 30.8 Å². The molecule has 2 aromatic carbocycles. The number of rotatable bonds is 6. The lowest BCUT2D eigenvalue weighted by molar-refractivity contribution is -0.121. The molecule has 8 nitrogen and oxygen atoms in total. The molecule has 0 unspecified atom stereocenters. The fraction of sp³-hybridized carbons (Fsp3) is 0.312. The smallest absolute Gasteiger partial charge is 0.323 e. The number of nitrogens with zero attached hydrogens (tertiary/aromatic N) is 3. The number of amides is 2. The molecule has 2 aromatic heterocycles. The van der Waals surface area contributed by atoms with Gasteiger partial charge >= 0.3 is 6.03 Å². The second kappa shape index (κ2) is 11.4. The van der Waals surface area contributed by atoms with Gasteiger partial charge in [0.15, 0.2) is 0 Å². The average molecular weight is 538 g/mol. The maximum absolute atomic E-state index is 13.1. The van der Waals surface area contributed by atoms with E-state index in [2.05, 4.69) is 41.3 Å². The predicted molar refractivity (Wildman–Crippen MR) is 159 cm³/mol. The van der Waals surface area contributed by atoms with E-state index in [-0.39, 0.29) is 11.4 Å². The second-order valence-electron chi connectivity index (χ2n) is 11.1. The van der Waals surface area contributed by atoms with Crippen LogP contribution in [0, 0.1) is 0 Å². The van der Waals surface area contributed by atoms with Crippen molar-refractivity contribution < 1.29 is 14.3 Å². The molecule has 2 N–H and O–H groups in total. The molecule has 1 aliphatic heterocycles. The van der Waals surface area contributed by atoms with E-state index in [1.54, 1.807) is 6.20 Å². The maximum Gasteiger partial charge on any atom is 0.323 e. The average Bonchev–Trinajstić information content (AvgIpc) is 2.94. The minimum atomic E-state index is -0.385. The Hall–Kier alpha value is -4.30. The van der Waals surface area contributed by atoms with Crippen molar-refractivity contribution in [3.05, 3.63) is 78.1 Å². The molecule has 0 spiro atoms. The summed E-state index contributed by atoms with van der Waals surface area (Å²) in [5.74, 6) is 0.687. The molecule has 206 valence electrons. The number of urea groups is 1. The highest BCUT2D eigenvalue weighted by Crippen LogP contribution is 2.33. The fourth-order valence-electron chi connectivity index (χ4n) is 4.93. The standard InChI is InChI=1S/C32H35N5O3/c1-32(2,3)21-18-29(30(40-4)33-19-21)36-31(39)35-28-13-12-26(24-9-5-6-10-25(24)28)27-11-7-8-22(34-27)20-37-16-14-23(38)15-17-37/h5-13,18-19H,14-17,20H2,1-4H3,(H2,35,36,39). The Labute approximate surface area is 234 Å². The van der Waals surface area contributed by atoms with Gasteiger partial charge in [-0.25, -0.2) is 9.78 Å². The summed E-state index contributed by atoms with van der Waals surface area (Å²) in [5, 5.41) is 7.81. The molecule has 5 rings (SSSR count). The Kier molecular flexibility index (Phi) is 7.80. The monoisotopic (exact) mass is 537 g/mol. The number of fused-ring (bicyclic) bond motifs is 1. The van der Waals surface area contributed by atoms with Gasteiger partial charge in [0.2, 0.25) is 5.88 Å². The van der Waals surface area contributed by atoms with Crippen molar-refractivity contribution in [2.24, 2.45) is 0 Å². The van der Waals surface area contributed by atoms with E-state index >= 15 is 0 Å². The number of likely N-dealkylation sites (tertiary alicyclic amines) is 1. The third-order valence-corrected chi connectivity index (χ3v) is 7.21. The normalized spacial score (nSPS) is 14.2. The number of methoxy groups -OCH3 is 1. The van der Waals surface area contributed by atoms with Crippen LogP contribution in [-0.2, 0) is 16.8 Å². The van der Waals surface area contributed by atoms with Gasteiger partial charge < -0.3 is 15.4 Å². The third-order valence-electron chi connectivity index (χ3n) is 7.21. The van der Waals surface area contributed by atoms with Crippen molar-refractivity contribution in [1.29, 1.82) is 0 Å². The molecule has 0 saturated carbocycles. The molecule has 0 radical (unpaired) electrons. The second-order valence-corrected chi connectivity index (χ2v) is 11.1. The zero-order valence-electron chi connectivity index (χ0n) is 23.5. The molecular formula is C32H35N5O3. The minimum Gasteiger partial charge on any atom is -0.480 e. The van der Waals surface area contributed by atoms with Gasteiger partial charge in [0, 0.05) is 49.6 Å². The van der Waals surface area contributed by atoms with E-state index in [4.69, 9.17) is 9.72 Å². The van der Waals surface area contributed by atoms with Crippen LogP contribution in [0.2, 0.25) is 0 Å². The first-order valence-corrected chi connectivity index (χ1v) is 13.6. The first kappa shape index (κ1) is 27.3. The van der Waals surface area contributed by atoms with E-state index in [1.165, 1.54) is 7.11 Å². The van der Waals surface area contributed by atoms with Gasteiger partial charge in [-0.2, -0.15) is 0 Å². The van der Waals surface area contributed by atoms with Gasteiger partial charge in [0.25, 0.3) is 0 Å². The van der Waals surface area contributed by atoms with Gasteiger partial charge in [0.1, 0.15) is 11.5 Å². The lowest BCUT2D eigenvalue weighted by Gasteiger charge is -2.25. The van der Waals surface area contributed by atoms with E-state index in [1.807, 2.05) is 60.7 Å². The lowest BCUT2D eigenvalue weighted by Crippen LogP contribution is -2.33. The molecule has 0 bridgehead atoms. The fourth-order valence-corrected chi connectivity index (χ4v) is 4.93. The number of pyridine rings is 2. The number of aromatic nitrogens is 2. The molecule has 2 amide bonds. The summed E-state index contributed by atoms with van der Waals surface area (Å²) in [5.41, 5.74) is 4.88. The van der Waals surface area contributed by atoms with Crippen LogP contribution in [0.25, 0.3) is 22.0 Å². The summed E-state index contributed by atoms with van der Waals surface area (Å²) >= 11 is 0. The number of hydrogen-bond acceptors (Lipinski definition) is 6. The predicted octanol–water partition coefficient (Wildman–Crippen LogP) is 6.41. The topological polar surface area (TPSA) is 96.5 Å². The zero-order chi connectivity index (χ0) is 28.3. The number of Topliss-reactive ketones (excluding diaryl/α,β-unsaturated/α-hetero) is 1. The minimum absolute atomic E-state index is 0.129. The van der Waals surface area contributed by atoms with Crippen LogP contribution in [0.15, 0.2) is 66.9 Å². The number of benzene rings is 2. The number of ether oxygens (including phenoxy) is 1. The highest BCUT2D eigenvalue weighted by molar-refractivity contribution is 6.09. The number of ketones is 1. The number of anilines is 2. The molecule has 3 heterocycles. The van der Waals surface area contributed by atoms with Crippen LogP contribution in [0.1, 0.15) is 44.9 Å². The molecule has 1 aliphatic rings. The summed E-state index contributed by atoms with van der Waals surface area (Å²) in [7, 11) is 1.53. The first-order valence-electron chi connectivity index (χ1n) is 13.6. The number of hydrogen-bond donors (Lipinski definition) is 2. The van der Waals surface area contributed by atoms with Crippen LogP contribution in [0.5, 0.6) is 5.88 Å². The molecule has 0 aliphatic carbocycles. The lowest BCUT2D eigenvalue weighted by atomic mass is 9.88. The van der Waals surface area contributed by atoms with Gasteiger partial charge in [0.05, 0.1) is 24.2 Å². The largest absolute Gasteiger partial charge is 0.480 e. The van der Waals surface area contributed by atoms with Crippen LogP contribution >= 0.6 is 0 Å². The Morgan fingerprint density at radius 1 is 0.950 bits per heavy atom. The van der Waals surface area contributed by atoms with Crippen LogP contribution < -0.4 is 15.4 Å². The van der Waals surface area contributed by atoms with Crippen LogP contribution in [0.3, 0.4) is 0 Å². The van der Waals surface area contributed by atoms with Crippen molar-refractivity contribution in [3.8, 4) is 17.1 Å². The zero-order valence-corrected chi connectivity index (χ0v) is 23.5. The van der Waals surface area contributed by atoms with Crippen molar-refractivity contribution in [3.63, 3.8) is 0 Å². The number of nitrogens with one attached hydrogen (secondary N) is 2. The summed E-state index contributed by atoms with van der Waals surface area (Å²) in [4.78, 5) is 36.3. The number of carbonyl (C=O) groups is 2. The molecule has 1 fully saturated rings. The van der Waals surface area contributed by atoms with Crippen molar-refractivity contribution in [1.82, 2.24) is 14.9 Å². The quantitative estimate of drug-likeness (QED) is 0.295. The van der Waals surface area contributed by atoms with Crippen LogP contribution in [0.4, 0.5) is 16.2 Å². The van der Waals surface area contributed by atoms with Crippen molar-refractivity contribution >= 4 is 34.0 Å². The van der Waals surface area contributed by atoms with E-state index < -0.39 is 0 Å². The molecule has 1 saturated heterocycles. The van der Waals surface area contributed by atoms with Gasteiger partial charge in [-0.3, -0.25) is 14.7 Å². The highest BCUT2D eigenvalue weighted by atomic mass is 16.5. The van der Waals surface area contributed by atoms with Crippen molar-refractivity contribution in [2.45, 2.75) is 45.6 Å². The number of piperidine rings is 1. The maximum atomic E-state index is 13.1. The Bertz CT molecular complexity index is 1550. The summed E-state index contributed by atoms with van der Waals surface area (Å²) < 4.78 is 5.38. The van der Waals surface area contributed by atoms with E-state index in [9.17, 15) is 9.59 Å². The first-order chi connectivity index (χ1) is 19.2. The molecule has 0 atom stereocenters. The molecule has 8 heteroatoms. The molecule has 40 heavy (non-hydrogen) atoms. The summed E-state index contributed by atoms with van der Waals surface area (Å²) in [6, 6.07) is 19.4. The SMILES string of the molecule is COc1ncc(C(C)(C)C)cc1NC(=O)Nc1ccc(-c2cccc(CN3CCC(=O)CC3)n2)c2ccccc12. The van der Waals surface area contributed by atoms with Gasteiger partial charge in [-0.05, 0) is 40.6 Å². The highest BCUT2D eigenvalue weighted by Gasteiger charge is 2.19. The summed E-state index contributed by atoms with van der Waals surface area (Å²) in [6.07, 6.45) is 2.99.